The first-order valence-electron chi connectivity index (χ1n) is 8.94. The van der Waals surface area contributed by atoms with Crippen molar-refractivity contribution in [3.05, 3.63) is 79.6 Å². The smallest absolute Gasteiger partial charge is 0.267 e. The number of thiazole rings is 1. The number of halogens is 4. The minimum absolute atomic E-state index is 0.323. The maximum Gasteiger partial charge on any atom is 0.267 e. The summed E-state index contributed by atoms with van der Waals surface area (Å²) in [6, 6.07) is 16.5. The molecule has 0 unspecified atom stereocenters. The van der Waals surface area contributed by atoms with Gasteiger partial charge in [-0.15, -0.1) is 22.7 Å². The lowest BCUT2D eigenvalue weighted by atomic mass is 10.2. The minimum atomic E-state index is -0.359. The summed E-state index contributed by atoms with van der Waals surface area (Å²) in [4.78, 5) is 18.0. The average molecular weight is 524 g/mol. The van der Waals surface area contributed by atoms with Gasteiger partial charge in [-0.2, -0.15) is 0 Å². The molecule has 2 heterocycles. The lowest BCUT2D eigenvalue weighted by Crippen LogP contribution is -2.11. The van der Waals surface area contributed by atoms with Gasteiger partial charge in [-0.05, 0) is 36.4 Å². The Labute approximate surface area is 205 Å². The van der Waals surface area contributed by atoms with Gasteiger partial charge in [-0.3, -0.25) is 4.79 Å². The van der Waals surface area contributed by atoms with Crippen LogP contribution in [0.2, 0.25) is 20.1 Å². The second-order valence-electron chi connectivity index (χ2n) is 6.64. The SMILES string of the molecule is O=C(Nc1cc(-c2nc3ccccc3s2)c(Cl)cc1Cl)c1sc2cc(Cl)ccc2c1Cl. The third-order valence-electron chi connectivity index (χ3n) is 4.63. The zero-order valence-electron chi connectivity index (χ0n) is 15.4. The molecule has 0 saturated heterocycles. The van der Waals surface area contributed by atoms with Crippen molar-refractivity contribution in [3.8, 4) is 10.6 Å². The second kappa shape index (κ2) is 8.24. The molecule has 0 aliphatic rings. The van der Waals surface area contributed by atoms with Gasteiger partial charge in [0.1, 0.15) is 9.88 Å². The highest BCUT2D eigenvalue weighted by atomic mass is 35.5. The van der Waals surface area contributed by atoms with E-state index in [0.717, 1.165) is 25.3 Å². The number of anilines is 1. The molecule has 1 N–H and O–H groups in total. The van der Waals surface area contributed by atoms with E-state index in [2.05, 4.69) is 10.3 Å². The van der Waals surface area contributed by atoms with Crippen LogP contribution in [0.25, 0.3) is 30.9 Å². The summed E-state index contributed by atoms with van der Waals surface area (Å²) in [6.07, 6.45) is 0. The molecule has 154 valence electrons. The minimum Gasteiger partial charge on any atom is -0.320 e. The van der Waals surface area contributed by atoms with E-state index < -0.39 is 0 Å². The molecule has 0 radical (unpaired) electrons. The summed E-state index contributed by atoms with van der Waals surface area (Å²) in [5.74, 6) is -0.359. The molecular formula is C22H10Cl4N2OS2. The van der Waals surface area contributed by atoms with Crippen LogP contribution in [0.15, 0.2) is 54.6 Å². The molecular weight excluding hydrogens is 514 g/mol. The molecule has 3 aromatic carbocycles. The maximum absolute atomic E-state index is 13.0. The van der Waals surface area contributed by atoms with Crippen molar-refractivity contribution >= 4 is 101 Å². The van der Waals surface area contributed by atoms with Crippen LogP contribution in [0.5, 0.6) is 0 Å². The molecule has 5 rings (SSSR count). The van der Waals surface area contributed by atoms with E-state index in [1.807, 2.05) is 24.3 Å². The molecule has 31 heavy (non-hydrogen) atoms. The molecule has 0 atom stereocenters. The first-order valence-corrected chi connectivity index (χ1v) is 12.1. The summed E-state index contributed by atoms with van der Waals surface area (Å²) >= 11 is 28.1. The number of carbonyl (C=O) groups excluding carboxylic acids is 1. The lowest BCUT2D eigenvalue weighted by molar-refractivity contribution is 0.103. The molecule has 0 bridgehead atoms. The molecule has 0 aliphatic carbocycles. The topological polar surface area (TPSA) is 42.0 Å². The number of fused-ring (bicyclic) bond motifs is 2. The maximum atomic E-state index is 13.0. The number of nitrogens with one attached hydrogen (secondary N) is 1. The van der Waals surface area contributed by atoms with Gasteiger partial charge in [0.25, 0.3) is 5.91 Å². The highest BCUT2D eigenvalue weighted by Gasteiger charge is 2.20. The number of hydrogen-bond donors (Lipinski definition) is 1. The number of amides is 1. The Morgan fingerprint density at radius 3 is 2.48 bits per heavy atom. The van der Waals surface area contributed by atoms with Gasteiger partial charge in [0, 0.05) is 20.7 Å². The van der Waals surface area contributed by atoms with Crippen molar-refractivity contribution in [3.63, 3.8) is 0 Å². The van der Waals surface area contributed by atoms with E-state index in [-0.39, 0.29) is 5.91 Å². The Hall–Kier alpha value is -1.86. The largest absolute Gasteiger partial charge is 0.320 e. The van der Waals surface area contributed by atoms with Crippen LogP contribution in [-0.4, -0.2) is 10.9 Å². The second-order valence-corrected chi connectivity index (χ2v) is 10.4. The number of aromatic nitrogens is 1. The quantitative estimate of drug-likeness (QED) is 0.256. The molecule has 9 heteroatoms. The summed E-state index contributed by atoms with van der Waals surface area (Å²) in [5, 5.41) is 6.11. The zero-order valence-corrected chi connectivity index (χ0v) is 20.0. The number of thiophene rings is 1. The van der Waals surface area contributed by atoms with Crippen LogP contribution in [0, 0.1) is 0 Å². The third-order valence-corrected chi connectivity index (χ3v) is 8.21. The van der Waals surface area contributed by atoms with Crippen LogP contribution in [0.4, 0.5) is 5.69 Å². The van der Waals surface area contributed by atoms with E-state index in [0.29, 0.717) is 36.2 Å². The fourth-order valence-electron chi connectivity index (χ4n) is 3.16. The predicted molar refractivity (Wildman–Crippen MR) is 135 cm³/mol. The number of carbonyl (C=O) groups is 1. The molecule has 2 aromatic heterocycles. The van der Waals surface area contributed by atoms with Crippen molar-refractivity contribution in [2.45, 2.75) is 0 Å². The fraction of sp³-hybridized carbons (Fsp3) is 0. The molecule has 0 saturated carbocycles. The van der Waals surface area contributed by atoms with Gasteiger partial charge in [-0.1, -0.05) is 64.6 Å². The summed E-state index contributed by atoms with van der Waals surface area (Å²) in [6.45, 7) is 0. The number of nitrogens with zero attached hydrogens (tertiary/aromatic N) is 1. The number of rotatable bonds is 3. The van der Waals surface area contributed by atoms with Crippen LogP contribution in [0.1, 0.15) is 9.67 Å². The van der Waals surface area contributed by atoms with Crippen molar-refractivity contribution in [1.82, 2.24) is 4.98 Å². The van der Waals surface area contributed by atoms with Gasteiger partial charge in [-0.25, -0.2) is 4.98 Å². The first-order chi connectivity index (χ1) is 14.9. The molecule has 1 amide bonds. The van der Waals surface area contributed by atoms with Gasteiger partial charge >= 0.3 is 0 Å². The Morgan fingerprint density at radius 1 is 0.871 bits per heavy atom. The third kappa shape index (κ3) is 3.91. The average Bonchev–Trinajstić information content (AvgIpc) is 3.30. The normalized spacial score (nSPS) is 11.4. The van der Waals surface area contributed by atoms with Gasteiger partial charge in [0.2, 0.25) is 0 Å². The molecule has 0 spiro atoms. The van der Waals surface area contributed by atoms with Crippen molar-refractivity contribution in [1.29, 1.82) is 0 Å². The first kappa shape index (κ1) is 21.0. The predicted octanol–water partition coefficient (Wildman–Crippen LogP) is 9.04. The van der Waals surface area contributed by atoms with Crippen LogP contribution in [0.3, 0.4) is 0 Å². The number of benzene rings is 3. The Kier molecular flexibility index (Phi) is 5.59. The summed E-state index contributed by atoms with van der Waals surface area (Å²) in [5.41, 5.74) is 2.00. The number of para-hydroxylation sites is 1. The van der Waals surface area contributed by atoms with Crippen molar-refractivity contribution in [2.75, 3.05) is 5.32 Å². The molecule has 5 aromatic rings. The van der Waals surface area contributed by atoms with E-state index in [1.165, 1.54) is 22.7 Å². The van der Waals surface area contributed by atoms with Crippen molar-refractivity contribution in [2.24, 2.45) is 0 Å². The standard InChI is InChI=1S/C22H10Cl4N2OS2/c23-10-5-6-11-18(7-10)30-20(19(11)26)21(29)27-16-8-12(13(24)9-14(16)25)22-28-15-3-1-2-4-17(15)31-22/h1-9H,(H,27,29). The highest BCUT2D eigenvalue weighted by molar-refractivity contribution is 7.22. The van der Waals surface area contributed by atoms with Crippen LogP contribution < -0.4 is 5.32 Å². The highest BCUT2D eigenvalue weighted by Crippen LogP contribution is 2.40. The van der Waals surface area contributed by atoms with E-state index >= 15 is 0 Å². The Bertz CT molecular complexity index is 1460. The van der Waals surface area contributed by atoms with E-state index in [9.17, 15) is 4.79 Å². The molecule has 0 aliphatic heterocycles. The zero-order chi connectivity index (χ0) is 21.7. The van der Waals surface area contributed by atoms with E-state index in [1.54, 1.807) is 30.3 Å². The lowest BCUT2D eigenvalue weighted by Gasteiger charge is -2.10. The Morgan fingerprint density at radius 2 is 1.68 bits per heavy atom. The Balaban J connectivity index is 1.53. The number of hydrogen-bond acceptors (Lipinski definition) is 4. The fourth-order valence-corrected chi connectivity index (χ4v) is 6.42. The van der Waals surface area contributed by atoms with E-state index in [4.69, 9.17) is 46.4 Å². The van der Waals surface area contributed by atoms with Gasteiger partial charge < -0.3 is 5.32 Å². The molecule has 0 fully saturated rings. The monoisotopic (exact) mass is 522 g/mol. The van der Waals surface area contributed by atoms with Gasteiger partial charge in [0.15, 0.2) is 0 Å². The van der Waals surface area contributed by atoms with Gasteiger partial charge in [0.05, 0.1) is 31.0 Å². The van der Waals surface area contributed by atoms with Crippen molar-refractivity contribution < 1.29 is 4.79 Å². The summed E-state index contributed by atoms with van der Waals surface area (Å²) < 4.78 is 1.88. The van der Waals surface area contributed by atoms with Crippen LogP contribution >= 0.6 is 69.1 Å². The summed E-state index contributed by atoms with van der Waals surface area (Å²) in [7, 11) is 0. The molecule has 3 nitrogen and oxygen atoms in total. The van der Waals surface area contributed by atoms with Crippen LogP contribution in [-0.2, 0) is 0 Å².